The minimum Gasteiger partial charge on any atom is -0.328 e. The average Bonchev–Trinajstić information content (AvgIpc) is 2.37. The van der Waals surface area contributed by atoms with Gasteiger partial charge < -0.3 is 5.73 Å². The molecule has 0 aliphatic rings. The van der Waals surface area contributed by atoms with Crippen LogP contribution < -0.4 is 10.5 Å². The predicted molar refractivity (Wildman–Crippen MR) is 75.1 cm³/mol. The van der Waals surface area contributed by atoms with Gasteiger partial charge in [0, 0.05) is 13.0 Å². The van der Waals surface area contributed by atoms with Crippen molar-refractivity contribution in [1.82, 2.24) is 4.72 Å². The number of hydrogen-bond donors (Lipinski definition) is 2. The van der Waals surface area contributed by atoms with Crippen LogP contribution in [0.3, 0.4) is 0 Å². The molecule has 0 aromatic heterocycles. The summed E-state index contributed by atoms with van der Waals surface area (Å²) >= 11 is 0. The Morgan fingerprint density at radius 2 is 1.76 bits per heavy atom. The van der Waals surface area contributed by atoms with Gasteiger partial charge >= 0.3 is 6.18 Å². The van der Waals surface area contributed by atoms with Gasteiger partial charge in [0.25, 0.3) is 0 Å². The molecule has 1 atom stereocenters. The largest absolute Gasteiger partial charge is 0.389 e. The Bertz CT molecular complexity index is 546. The first-order valence-electron chi connectivity index (χ1n) is 6.42. The summed E-state index contributed by atoms with van der Waals surface area (Å²) in [5.74, 6) is -0.588. The Morgan fingerprint density at radius 1 is 1.19 bits per heavy atom. The van der Waals surface area contributed by atoms with E-state index in [9.17, 15) is 21.6 Å². The summed E-state index contributed by atoms with van der Waals surface area (Å²) in [5, 5.41) is 0. The first-order valence-corrected chi connectivity index (χ1v) is 8.07. The quantitative estimate of drug-likeness (QED) is 0.807. The fourth-order valence-corrected chi connectivity index (χ4v) is 3.40. The van der Waals surface area contributed by atoms with Crippen molar-refractivity contribution in [2.24, 2.45) is 5.73 Å². The summed E-state index contributed by atoms with van der Waals surface area (Å²) in [6, 6.07) is 8.68. The molecule has 0 saturated heterocycles. The van der Waals surface area contributed by atoms with E-state index in [1.165, 1.54) is 0 Å². The van der Waals surface area contributed by atoms with Gasteiger partial charge in [0.15, 0.2) is 0 Å². The topological polar surface area (TPSA) is 72.2 Å². The Hall–Kier alpha value is -1.12. The molecule has 1 rings (SSSR count). The Balaban J connectivity index is 2.76. The summed E-state index contributed by atoms with van der Waals surface area (Å²) in [6.45, 7) is 1.60. The number of sulfonamides is 1. The van der Waals surface area contributed by atoms with Crippen molar-refractivity contribution in [3.63, 3.8) is 0 Å². The second-order valence-corrected chi connectivity index (χ2v) is 6.88. The first-order chi connectivity index (χ1) is 9.58. The van der Waals surface area contributed by atoms with Crippen molar-refractivity contribution in [2.75, 3.05) is 12.3 Å². The van der Waals surface area contributed by atoms with Crippen LogP contribution in [0.4, 0.5) is 13.2 Å². The van der Waals surface area contributed by atoms with E-state index in [1.54, 1.807) is 37.3 Å². The van der Waals surface area contributed by atoms with Gasteiger partial charge in [0.1, 0.15) is 0 Å². The van der Waals surface area contributed by atoms with Crippen molar-refractivity contribution in [1.29, 1.82) is 0 Å². The highest BCUT2D eigenvalue weighted by Crippen LogP contribution is 2.23. The lowest BCUT2D eigenvalue weighted by Crippen LogP contribution is -2.49. The Labute approximate surface area is 122 Å². The number of rotatable bonds is 7. The summed E-state index contributed by atoms with van der Waals surface area (Å²) in [5.41, 5.74) is 5.25. The predicted octanol–water partition coefficient (Wildman–Crippen LogP) is 2.12. The normalized spacial score (nSPS) is 15.7. The highest BCUT2D eigenvalue weighted by Gasteiger charge is 2.32. The molecule has 120 valence electrons. The zero-order chi connectivity index (χ0) is 16.1. The summed E-state index contributed by atoms with van der Waals surface area (Å²) in [4.78, 5) is 0. The lowest BCUT2D eigenvalue weighted by atomic mass is 9.94. The Morgan fingerprint density at radius 3 is 2.24 bits per heavy atom. The van der Waals surface area contributed by atoms with Crippen molar-refractivity contribution in [2.45, 2.75) is 31.5 Å². The highest BCUT2D eigenvalue weighted by molar-refractivity contribution is 7.89. The SMILES string of the molecule is CC(CN)(NS(=O)(=O)CCCC(F)(F)F)c1ccccc1. The second-order valence-electron chi connectivity index (χ2n) is 5.04. The minimum absolute atomic E-state index is 0.00445. The molecule has 8 heteroatoms. The number of benzene rings is 1. The van der Waals surface area contributed by atoms with Crippen molar-refractivity contribution in [3.8, 4) is 0 Å². The summed E-state index contributed by atoms with van der Waals surface area (Å²) in [7, 11) is -3.85. The van der Waals surface area contributed by atoms with E-state index >= 15 is 0 Å². The fourth-order valence-electron chi connectivity index (χ4n) is 1.88. The average molecular weight is 324 g/mol. The van der Waals surface area contributed by atoms with Crippen LogP contribution in [0.2, 0.25) is 0 Å². The number of nitrogens with one attached hydrogen (secondary N) is 1. The molecule has 0 aliphatic heterocycles. The summed E-state index contributed by atoms with van der Waals surface area (Å²) < 4.78 is 62.5. The van der Waals surface area contributed by atoms with Gasteiger partial charge in [-0.3, -0.25) is 0 Å². The van der Waals surface area contributed by atoms with E-state index in [1.807, 2.05) is 0 Å². The molecular formula is C13H19F3N2O2S. The first kappa shape index (κ1) is 17.9. The molecule has 0 radical (unpaired) electrons. The zero-order valence-electron chi connectivity index (χ0n) is 11.7. The van der Waals surface area contributed by atoms with E-state index in [2.05, 4.69) is 4.72 Å². The molecule has 21 heavy (non-hydrogen) atoms. The van der Waals surface area contributed by atoms with Gasteiger partial charge in [-0.1, -0.05) is 30.3 Å². The van der Waals surface area contributed by atoms with Crippen molar-refractivity contribution < 1.29 is 21.6 Å². The van der Waals surface area contributed by atoms with Gasteiger partial charge in [-0.15, -0.1) is 0 Å². The van der Waals surface area contributed by atoms with Crippen LogP contribution in [0.25, 0.3) is 0 Å². The number of alkyl halides is 3. The highest BCUT2D eigenvalue weighted by atomic mass is 32.2. The second kappa shape index (κ2) is 6.76. The summed E-state index contributed by atoms with van der Waals surface area (Å²) in [6.07, 6.45) is -5.96. The van der Waals surface area contributed by atoms with Crippen LogP contribution >= 0.6 is 0 Å². The van der Waals surface area contributed by atoms with E-state index in [4.69, 9.17) is 5.73 Å². The number of halogens is 3. The monoisotopic (exact) mass is 324 g/mol. The molecule has 0 bridgehead atoms. The van der Waals surface area contributed by atoms with Crippen molar-refractivity contribution >= 4 is 10.0 Å². The lowest BCUT2D eigenvalue weighted by molar-refractivity contribution is -0.134. The molecule has 1 aromatic carbocycles. The van der Waals surface area contributed by atoms with Gasteiger partial charge in [0.2, 0.25) is 10.0 Å². The van der Waals surface area contributed by atoms with Gasteiger partial charge in [0.05, 0.1) is 11.3 Å². The lowest BCUT2D eigenvalue weighted by Gasteiger charge is -2.29. The third kappa shape index (κ3) is 6.03. The number of nitrogens with two attached hydrogens (primary N) is 1. The molecule has 1 aromatic rings. The minimum atomic E-state index is -4.36. The molecular weight excluding hydrogens is 305 g/mol. The standard InChI is InChI=1S/C13H19F3N2O2S/c1-12(10-17,11-6-3-2-4-7-11)18-21(19,20)9-5-8-13(14,15)16/h2-4,6-7,18H,5,8-10,17H2,1H3. The third-order valence-electron chi connectivity index (χ3n) is 3.07. The zero-order valence-corrected chi connectivity index (χ0v) is 12.5. The van der Waals surface area contributed by atoms with E-state index < -0.39 is 40.3 Å². The van der Waals surface area contributed by atoms with Crippen LogP contribution in [0.1, 0.15) is 25.3 Å². The third-order valence-corrected chi connectivity index (χ3v) is 4.66. The number of hydrogen-bond acceptors (Lipinski definition) is 3. The van der Waals surface area contributed by atoms with Gasteiger partial charge in [-0.2, -0.15) is 13.2 Å². The molecule has 0 saturated carbocycles. The van der Waals surface area contributed by atoms with Gasteiger partial charge in [-0.05, 0) is 18.9 Å². The van der Waals surface area contributed by atoms with E-state index in [0.717, 1.165) is 0 Å². The molecule has 0 spiro atoms. The van der Waals surface area contributed by atoms with E-state index in [0.29, 0.717) is 5.56 Å². The van der Waals surface area contributed by atoms with Crippen LogP contribution in [-0.4, -0.2) is 26.9 Å². The van der Waals surface area contributed by atoms with Crippen LogP contribution in [0.15, 0.2) is 30.3 Å². The van der Waals surface area contributed by atoms with Crippen LogP contribution in [0.5, 0.6) is 0 Å². The molecule has 0 aliphatic carbocycles. The Kier molecular flexibility index (Phi) is 5.77. The van der Waals surface area contributed by atoms with E-state index in [-0.39, 0.29) is 6.54 Å². The van der Waals surface area contributed by atoms with Crippen LogP contribution in [-0.2, 0) is 15.6 Å². The fraction of sp³-hybridized carbons (Fsp3) is 0.538. The maximum atomic E-state index is 12.1. The van der Waals surface area contributed by atoms with Crippen LogP contribution in [0, 0.1) is 0 Å². The molecule has 0 heterocycles. The maximum absolute atomic E-state index is 12.1. The molecule has 0 amide bonds. The maximum Gasteiger partial charge on any atom is 0.389 e. The molecule has 4 nitrogen and oxygen atoms in total. The van der Waals surface area contributed by atoms with Crippen molar-refractivity contribution in [3.05, 3.63) is 35.9 Å². The molecule has 1 unspecified atom stereocenters. The van der Waals surface area contributed by atoms with Gasteiger partial charge in [-0.25, -0.2) is 13.1 Å². The molecule has 3 N–H and O–H groups in total. The molecule has 0 fully saturated rings. The smallest absolute Gasteiger partial charge is 0.328 e.